The molecular formula is C9H10NO3S-. The molecule has 0 bridgehead atoms. The lowest BCUT2D eigenvalue weighted by atomic mass is 10.2. The van der Waals surface area contributed by atoms with Crippen molar-refractivity contribution < 1.29 is 13.5 Å². The zero-order valence-electron chi connectivity index (χ0n) is 7.65. The average molecular weight is 212 g/mol. The van der Waals surface area contributed by atoms with Gasteiger partial charge in [0.25, 0.3) is 0 Å². The molecule has 0 amide bonds. The van der Waals surface area contributed by atoms with Crippen LogP contribution >= 0.6 is 0 Å². The van der Waals surface area contributed by atoms with Crippen LogP contribution in [0.25, 0.3) is 5.76 Å². The topological polar surface area (TPSA) is 69.2 Å². The summed E-state index contributed by atoms with van der Waals surface area (Å²) >= 11 is 0. The molecule has 0 saturated heterocycles. The van der Waals surface area contributed by atoms with Crippen molar-refractivity contribution in [1.29, 1.82) is 0 Å². The van der Waals surface area contributed by atoms with Crippen LogP contribution in [0.2, 0.25) is 0 Å². The van der Waals surface area contributed by atoms with Gasteiger partial charge in [0, 0.05) is 5.69 Å². The van der Waals surface area contributed by atoms with Crippen LogP contribution in [-0.2, 0) is 10.0 Å². The van der Waals surface area contributed by atoms with Gasteiger partial charge in [-0.2, -0.15) is 0 Å². The van der Waals surface area contributed by atoms with Gasteiger partial charge in [0.1, 0.15) is 0 Å². The molecule has 76 valence electrons. The Balaban J connectivity index is 2.90. The second-order valence-corrected chi connectivity index (χ2v) is 4.62. The van der Waals surface area contributed by atoms with Gasteiger partial charge in [0.15, 0.2) is 0 Å². The van der Waals surface area contributed by atoms with Gasteiger partial charge in [-0.15, -0.1) is 12.3 Å². The molecule has 0 fully saturated rings. The van der Waals surface area contributed by atoms with Crippen LogP contribution in [-0.4, -0.2) is 14.7 Å². The molecule has 0 spiro atoms. The molecule has 0 atom stereocenters. The van der Waals surface area contributed by atoms with Crippen LogP contribution in [0.5, 0.6) is 0 Å². The van der Waals surface area contributed by atoms with Crippen molar-refractivity contribution in [2.45, 2.75) is 0 Å². The maximum atomic E-state index is 10.8. The summed E-state index contributed by atoms with van der Waals surface area (Å²) in [7, 11) is -3.26. The molecule has 0 radical (unpaired) electrons. The highest BCUT2D eigenvalue weighted by Crippen LogP contribution is 2.13. The Morgan fingerprint density at radius 1 is 1.36 bits per heavy atom. The standard InChI is InChI=1S/C9H11NO3S/c1-7(11)8-3-5-9(6-4-8)10-14(2,12)13/h3-6,10-11H,1H2,2H3/p-1. The first kappa shape index (κ1) is 10.6. The fourth-order valence-electron chi connectivity index (χ4n) is 0.938. The maximum Gasteiger partial charge on any atom is 0.229 e. The van der Waals surface area contributed by atoms with Gasteiger partial charge in [-0.05, 0) is 17.7 Å². The zero-order valence-corrected chi connectivity index (χ0v) is 8.47. The molecule has 1 N–H and O–H groups in total. The highest BCUT2D eigenvalue weighted by atomic mass is 32.2. The van der Waals surface area contributed by atoms with Crippen LogP contribution in [0.15, 0.2) is 30.8 Å². The predicted octanol–water partition coefficient (Wildman–Crippen LogP) is 0.389. The second kappa shape index (κ2) is 3.71. The van der Waals surface area contributed by atoms with E-state index in [1.165, 1.54) is 24.3 Å². The third-order valence-electron chi connectivity index (χ3n) is 1.51. The Kier molecular flexibility index (Phi) is 2.81. The van der Waals surface area contributed by atoms with E-state index in [2.05, 4.69) is 11.3 Å². The van der Waals surface area contributed by atoms with E-state index >= 15 is 0 Å². The van der Waals surface area contributed by atoms with Crippen molar-refractivity contribution in [2.24, 2.45) is 0 Å². The van der Waals surface area contributed by atoms with Crippen molar-refractivity contribution in [1.82, 2.24) is 0 Å². The van der Waals surface area contributed by atoms with Crippen LogP contribution in [0.1, 0.15) is 5.56 Å². The van der Waals surface area contributed by atoms with E-state index in [0.717, 1.165) is 6.26 Å². The fourth-order valence-corrected chi connectivity index (χ4v) is 1.50. The number of hydrogen-bond acceptors (Lipinski definition) is 3. The predicted molar refractivity (Wildman–Crippen MR) is 53.9 cm³/mol. The van der Waals surface area contributed by atoms with Gasteiger partial charge in [0.05, 0.1) is 6.26 Å². The number of sulfonamides is 1. The van der Waals surface area contributed by atoms with Crippen molar-refractivity contribution in [2.75, 3.05) is 11.0 Å². The Bertz CT molecular complexity index is 434. The largest absolute Gasteiger partial charge is 0.872 e. The fraction of sp³-hybridized carbons (Fsp3) is 0.111. The van der Waals surface area contributed by atoms with Crippen LogP contribution in [0, 0.1) is 0 Å². The molecule has 0 aromatic heterocycles. The minimum atomic E-state index is -3.26. The number of anilines is 1. The Morgan fingerprint density at radius 3 is 2.21 bits per heavy atom. The highest BCUT2D eigenvalue weighted by Gasteiger charge is 2.00. The summed E-state index contributed by atoms with van der Waals surface area (Å²) in [5, 5.41) is 10.8. The summed E-state index contributed by atoms with van der Waals surface area (Å²) in [6.45, 7) is 3.24. The molecule has 0 aliphatic carbocycles. The lowest BCUT2D eigenvalue weighted by Crippen LogP contribution is -2.09. The zero-order chi connectivity index (χ0) is 10.8. The van der Waals surface area contributed by atoms with Gasteiger partial charge in [-0.1, -0.05) is 12.1 Å². The summed E-state index contributed by atoms with van der Waals surface area (Å²) < 4.78 is 23.9. The third-order valence-corrected chi connectivity index (χ3v) is 2.12. The molecule has 5 heteroatoms. The van der Waals surface area contributed by atoms with E-state index in [1.54, 1.807) is 0 Å². The van der Waals surface area contributed by atoms with E-state index in [-0.39, 0.29) is 5.76 Å². The van der Waals surface area contributed by atoms with E-state index in [0.29, 0.717) is 11.3 Å². The molecule has 0 saturated carbocycles. The molecular weight excluding hydrogens is 202 g/mol. The van der Waals surface area contributed by atoms with Crippen molar-refractivity contribution in [3.05, 3.63) is 36.4 Å². The first-order chi connectivity index (χ1) is 6.38. The van der Waals surface area contributed by atoms with Gasteiger partial charge < -0.3 is 5.11 Å². The van der Waals surface area contributed by atoms with Gasteiger partial charge in [-0.25, -0.2) is 8.42 Å². The molecule has 0 aliphatic heterocycles. The van der Waals surface area contributed by atoms with Crippen LogP contribution in [0.4, 0.5) is 5.69 Å². The summed E-state index contributed by atoms with van der Waals surface area (Å²) in [6.07, 6.45) is 1.06. The maximum absolute atomic E-state index is 10.8. The molecule has 1 aromatic carbocycles. The van der Waals surface area contributed by atoms with Crippen molar-refractivity contribution >= 4 is 21.5 Å². The first-order valence-corrected chi connectivity index (χ1v) is 5.72. The summed E-state index contributed by atoms with van der Waals surface area (Å²) in [5.74, 6) is -0.295. The van der Waals surface area contributed by atoms with E-state index < -0.39 is 10.0 Å². The third kappa shape index (κ3) is 3.10. The summed E-state index contributed by atoms with van der Waals surface area (Å²) in [6, 6.07) is 6.06. The van der Waals surface area contributed by atoms with E-state index in [1.807, 2.05) is 0 Å². The molecule has 1 rings (SSSR count). The average Bonchev–Trinajstić information content (AvgIpc) is 2.02. The van der Waals surface area contributed by atoms with Crippen molar-refractivity contribution in [3.8, 4) is 0 Å². The number of benzene rings is 1. The van der Waals surface area contributed by atoms with E-state index in [9.17, 15) is 13.5 Å². The van der Waals surface area contributed by atoms with E-state index in [4.69, 9.17) is 0 Å². The summed E-state index contributed by atoms with van der Waals surface area (Å²) in [4.78, 5) is 0. The van der Waals surface area contributed by atoms with Gasteiger partial charge in [-0.3, -0.25) is 4.72 Å². The molecule has 1 aromatic rings. The molecule has 14 heavy (non-hydrogen) atoms. The highest BCUT2D eigenvalue weighted by molar-refractivity contribution is 7.92. The van der Waals surface area contributed by atoms with Crippen LogP contribution in [0.3, 0.4) is 0 Å². The van der Waals surface area contributed by atoms with Gasteiger partial charge in [0.2, 0.25) is 10.0 Å². The Morgan fingerprint density at radius 2 is 1.86 bits per heavy atom. The lowest BCUT2D eigenvalue weighted by Gasteiger charge is -2.10. The molecule has 4 nitrogen and oxygen atoms in total. The second-order valence-electron chi connectivity index (χ2n) is 2.87. The minimum Gasteiger partial charge on any atom is -0.872 e. The number of rotatable bonds is 3. The minimum absolute atomic E-state index is 0.295. The molecule has 0 aliphatic rings. The Hall–Kier alpha value is -1.49. The normalized spacial score (nSPS) is 10.9. The first-order valence-electron chi connectivity index (χ1n) is 3.82. The lowest BCUT2D eigenvalue weighted by molar-refractivity contribution is -0.243. The summed E-state index contributed by atoms with van der Waals surface area (Å²) in [5.41, 5.74) is 0.876. The van der Waals surface area contributed by atoms with Crippen LogP contribution < -0.4 is 9.83 Å². The van der Waals surface area contributed by atoms with Gasteiger partial charge >= 0.3 is 0 Å². The smallest absolute Gasteiger partial charge is 0.229 e. The Labute approximate surface area is 82.9 Å². The molecule has 0 heterocycles. The van der Waals surface area contributed by atoms with Crippen molar-refractivity contribution in [3.63, 3.8) is 0 Å². The number of hydrogen-bond donors (Lipinski definition) is 1. The SMILES string of the molecule is C=C([O-])c1ccc(NS(C)(=O)=O)cc1. The molecule has 0 unspecified atom stereocenters. The monoisotopic (exact) mass is 212 g/mol. The quantitative estimate of drug-likeness (QED) is 0.737. The number of nitrogens with one attached hydrogen (secondary N) is 1.